The molecule has 2 aromatic rings. The maximum absolute atomic E-state index is 14.3. The van der Waals surface area contributed by atoms with Crippen LogP contribution in [0.4, 0.5) is 9.18 Å². The van der Waals surface area contributed by atoms with Crippen molar-refractivity contribution in [2.24, 2.45) is 0 Å². The van der Waals surface area contributed by atoms with Gasteiger partial charge in [-0.05, 0) is 23.8 Å². The van der Waals surface area contributed by atoms with Gasteiger partial charge < -0.3 is 4.74 Å². The second-order valence-electron chi connectivity index (χ2n) is 6.35. The van der Waals surface area contributed by atoms with Crippen molar-refractivity contribution in [2.45, 2.75) is 18.9 Å². The second kappa shape index (κ2) is 8.52. The molecule has 1 aliphatic rings. The van der Waals surface area contributed by atoms with Crippen LogP contribution in [0.1, 0.15) is 33.8 Å². The highest BCUT2D eigenvalue weighted by Gasteiger charge is 2.40. The van der Waals surface area contributed by atoms with Crippen LogP contribution in [0, 0.1) is 5.82 Å². The van der Waals surface area contributed by atoms with Gasteiger partial charge in [-0.25, -0.2) is 9.18 Å². The summed E-state index contributed by atoms with van der Waals surface area (Å²) >= 11 is 3.16. The first-order valence-corrected chi connectivity index (χ1v) is 9.37. The summed E-state index contributed by atoms with van der Waals surface area (Å²) in [6.07, 6.45) is -1.31. The van der Waals surface area contributed by atoms with E-state index in [2.05, 4.69) is 20.7 Å². The van der Waals surface area contributed by atoms with Gasteiger partial charge in [-0.1, -0.05) is 40.2 Å². The van der Waals surface area contributed by atoms with Crippen molar-refractivity contribution in [1.29, 1.82) is 0 Å². The molecule has 29 heavy (non-hydrogen) atoms. The molecule has 1 aliphatic heterocycles. The summed E-state index contributed by atoms with van der Waals surface area (Å²) in [6, 6.07) is 10.7. The molecule has 7 nitrogen and oxygen atoms in total. The molecule has 0 aliphatic carbocycles. The van der Waals surface area contributed by atoms with Gasteiger partial charge in [-0.15, -0.1) is 0 Å². The van der Waals surface area contributed by atoms with E-state index in [0.29, 0.717) is 10.0 Å². The molecule has 0 aromatic heterocycles. The molecule has 1 unspecified atom stereocenters. The Hall–Kier alpha value is -3.07. The zero-order valence-corrected chi connectivity index (χ0v) is 16.9. The van der Waals surface area contributed by atoms with Gasteiger partial charge in [0.25, 0.3) is 5.91 Å². The number of hydrogen-bond donors (Lipinski definition) is 1. The molecule has 4 amide bonds. The van der Waals surface area contributed by atoms with Gasteiger partial charge in [0.15, 0.2) is 0 Å². The van der Waals surface area contributed by atoms with Crippen LogP contribution in [0.15, 0.2) is 46.9 Å². The van der Waals surface area contributed by atoms with Gasteiger partial charge in [0.05, 0.1) is 19.6 Å². The normalized spacial score (nSPS) is 15.7. The smallest absolute Gasteiger partial charge is 0.413 e. The lowest BCUT2D eigenvalue weighted by atomic mass is 9.86. The highest BCUT2D eigenvalue weighted by atomic mass is 79.9. The molecule has 0 saturated heterocycles. The number of imide groups is 2. The Morgan fingerprint density at radius 2 is 1.93 bits per heavy atom. The molecule has 150 valence electrons. The van der Waals surface area contributed by atoms with E-state index in [1.807, 2.05) is 5.32 Å². The number of fused-ring (bicyclic) bond motifs is 1. The Labute approximate surface area is 174 Å². The van der Waals surface area contributed by atoms with Crippen LogP contribution in [0.5, 0.6) is 0 Å². The van der Waals surface area contributed by atoms with E-state index in [-0.39, 0.29) is 24.1 Å². The van der Waals surface area contributed by atoms with E-state index >= 15 is 0 Å². The fraction of sp³-hybridized carbons (Fsp3) is 0.200. The molecule has 9 heteroatoms. The average Bonchev–Trinajstić information content (AvgIpc) is 2.69. The average molecular weight is 463 g/mol. The Morgan fingerprint density at radius 1 is 1.21 bits per heavy atom. The van der Waals surface area contributed by atoms with Crippen LogP contribution in [0.3, 0.4) is 0 Å². The Morgan fingerprint density at radius 3 is 2.62 bits per heavy atom. The maximum Gasteiger partial charge on any atom is 0.413 e. The van der Waals surface area contributed by atoms with Gasteiger partial charge >= 0.3 is 6.09 Å². The van der Waals surface area contributed by atoms with Crippen LogP contribution in [-0.2, 0) is 20.9 Å². The first-order chi connectivity index (χ1) is 13.8. The summed E-state index contributed by atoms with van der Waals surface area (Å²) < 4.78 is 19.2. The van der Waals surface area contributed by atoms with E-state index in [9.17, 15) is 23.6 Å². The summed E-state index contributed by atoms with van der Waals surface area (Å²) in [7, 11) is 1.11. The maximum atomic E-state index is 14.3. The van der Waals surface area contributed by atoms with Crippen LogP contribution in [0.25, 0.3) is 0 Å². The summed E-state index contributed by atoms with van der Waals surface area (Å²) in [5.41, 5.74) is 0.794. The summed E-state index contributed by atoms with van der Waals surface area (Å²) in [6.45, 7) is -0.278. The predicted molar refractivity (Wildman–Crippen MR) is 103 cm³/mol. The third-order valence-corrected chi connectivity index (χ3v) is 5.03. The number of hydrogen-bond acceptors (Lipinski definition) is 5. The van der Waals surface area contributed by atoms with Crippen LogP contribution in [-0.4, -0.2) is 35.8 Å². The predicted octanol–water partition coefficient (Wildman–Crippen LogP) is 3.13. The molecule has 0 saturated carbocycles. The molecule has 1 N–H and O–H groups in total. The summed E-state index contributed by atoms with van der Waals surface area (Å²) in [5, 5.41) is 2.00. The lowest BCUT2D eigenvalue weighted by Gasteiger charge is -2.32. The Kier molecular flexibility index (Phi) is 6.07. The standard InChI is InChI=1S/C20H16BrFN2O5/c1-29-20(28)23-17(25)9-15-13-4-2-3-5-14(13)18(26)24(19(15)27)10-11-6-7-12(21)8-16(11)22/h2-8,15H,9-10H2,1H3,(H,23,25,28). The molecule has 0 radical (unpaired) electrons. The number of methoxy groups -OCH3 is 1. The lowest BCUT2D eigenvalue weighted by molar-refractivity contribution is -0.134. The SMILES string of the molecule is COC(=O)NC(=O)CC1C(=O)N(Cc2ccc(Br)cc2F)C(=O)c2ccccc21. The topological polar surface area (TPSA) is 92.8 Å². The number of nitrogens with one attached hydrogen (secondary N) is 1. The van der Waals surface area contributed by atoms with Crippen molar-refractivity contribution in [3.63, 3.8) is 0 Å². The zero-order chi connectivity index (χ0) is 21.1. The van der Waals surface area contributed by atoms with Gasteiger partial charge in [-0.2, -0.15) is 0 Å². The van der Waals surface area contributed by atoms with Crippen molar-refractivity contribution in [3.05, 3.63) is 69.4 Å². The van der Waals surface area contributed by atoms with E-state index in [1.165, 1.54) is 12.1 Å². The molecule has 3 rings (SSSR count). The van der Waals surface area contributed by atoms with Crippen molar-refractivity contribution < 1.29 is 28.3 Å². The first-order valence-electron chi connectivity index (χ1n) is 8.58. The van der Waals surface area contributed by atoms with Crippen LogP contribution < -0.4 is 5.32 Å². The van der Waals surface area contributed by atoms with Crippen molar-refractivity contribution >= 4 is 39.7 Å². The molecule has 2 aromatic carbocycles. The van der Waals surface area contributed by atoms with E-state index in [1.54, 1.807) is 30.3 Å². The second-order valence-corrected chi connectivity index (χ2v) is 7.26. The molecule has 1 atom stereocenters. The number of nitrogens with zero attached hydrogens (tertiary/aromatic N) is 1. The molecule has 0 fully saturated rings. The summed E-state index contributed by atoms with van der Waals surface area (Å²) in [4.78, 5) is 50.2. The molecular formula is C20H16BrFN2O5. The quantitative estimate of drug-likeness (QED) is 0.704. The van der Waals surface area contributed by atoms with Gasteiger partial charge in [0.2, 0.25) is 11.8 Å². The van der Waals surface area contributed by atoms with Crippen molar-refractivity contribution in [3.8, 4) is 0 Å². The third-order valence-electron chi connectivity index (χ3n) is 4.54. The first kappa shape index (κ1) is 20.7. The zero-order valence-electron chi connectivity index (χ0n) is 15.3. The van der Waals surface area contributed by atoms with Gasteiger partial charge in [0, 0.05) is 22.0 Å². The van der Waals surface area contributed by atoms with E-state index in [4.69, 9.17) is 0 Å². The highest BCUT2D eigenvalue weighted by Crippen LogP contribution is 2.33. The number of alkyl carbamates (subject to hydrolysis) is 1. The minimum absolute atomic E-state index is 0.159. The van der Waals surface area contributed by atoms with Crippen molar-refractivity contribution in [2.75, 3.05) is 7.11 Å². The summed E-state index contributed by atoms with van der Waals surface area (Å²) in [5.74, 6) is -3.51. The number of ether oxygens (including phenoxy) is 1. The third kappa shape index (κ3) is 4.34. The lowest BCUT2D eigenvalue weighted by Crippen LogP contribution is -2.46. The largest absolute Gasteiger partial charge is 0.453 e. The number of carbonyl (C=O) groups excluding carboxylic acids is 4. The molecular weight excluding hydrogens is 447 g/mol. The van der Waals surface area contributed by atoms with Gasteiger partial charge in [-0.3, -0.25) is 24.6 Å². The molecule has 1 heterocycles. The number of benzene rings is 2. The number of rotatable bonds is 4. The van der Waals surface area contributed by atoms with E-state index < -0.39 is 35.5 Å². The molecule has 0 spiro atoms. The number of carbonyl (C=O) groups is 4. The Balaban J connectivity index is 1.93. The number of amides is 4. The van der Waals surface area contributed by atoms with Crippen LogP contribution in [0.2, 0.25) is 0 Å². The van der Waals surface area contributed by atoms with Gasteiger partial charge in [0.1, 0.15) is 5.82 Å². The van der Waals surface area contributed by atoms with Crippen LogP contribution >= 0.6 is 15.9 Å². The minimum Gasteiger partial charge on any atom is -0.453 e. The van der Waals surface area contributed by atoms with E-state index in [0.717, 1.165) is 12.0 Å². The number of halogens is 2. The fourth-order valence-electron chi connectivity index (χ4n) is 3.13. The van der Waals surface area contributed by atoms with Crippen molar-refractivity contribution in [1.82, 2.24) is 10.2 Å². The minimum atomic E-state index is -0.993. The Bertz CT molecular complexity index is 1010. The molecule has 0 bridgehead atoms. The monoisotopic (exact) mass is 462 g/mol. The fourth-order valence-corrected chi connectivity index (χ4v) is 3.46. The highest BCUT2D eigenvalue weighted by molar-refractivity contribution is 9.10.